The van der Waals surface area contributed by atoms with Gasteiger partial charge in [0.25, 0.3) is 0 Å². The van der Waals surface area contributed by atoms with E-state index in [2.05, 4.69) is 60.6 Å². The highest BCUT2D eigenvalue weighted by Crippen LogP contribution is 2.40. The first-order valence-corrected chi connectivity index (χ1v) is 6.78. The van der Waals surface area contributed by atoms with Gasteiger partial charge in [-0.2, -0.15) is 0 Å². The first-order valence-electron chi connectivity index (χ1n) is 6.78. The second kappa shape index (κ2) is 4.74. The van der Waals surface area contributed by atoms with Crippen LogP contribution in [0, 0.1) is 0 Å². The van der Waals surface area contributed by atoms with Crippen molar-refractivity contribution in [1.82, 2.24) is 5.32 Å². The summed E-state index contributed by atoms with van der Waals surface area (Å²) >= 11 is 0. The minimum atomic E-state index is 0.174. The van der Waals surface area contributed by atoms with Crippen LogP contribution in [0.1, 0.15) is 6.92 Å². The van der Waals surface area contributed by atoms with E-state index in [4.69, 9.17) is 4.74 Å². The van der Waals surface area contributed by atoms with E-state index < -0.39 is 0 Å². The molecule has 0 bridgehead atoms. The lowest BCUT2D eigenvalue weighted by Crippen LogP contribution is -2.50. The SMILES string of the molecule is CNCC1Oc2c(ccc3ccccc23)N(C)C1C. The van der Waals surface area contributed by atoms with Crippen LogP contribution < -0.4 is 15.0 Å². The van der Waals surface area contributed by atoms with E-state index >= 15 is 0 Å². The lowest BCUT2D eigenvalue weighted by atomic mass is 10.0. The molecule has 3 heteroatoms. The Hall–Kier alpha value is -1.74. The third kappa shape index (κ3) is 1.94. The molecule has 1 N–H and O–H groups in total. The van der Waals surface area contributed by atoms with Crippen molar-refractivity contribution < 1.29 is 4.74 Å². The third-order valence-corrected chi connectivity index (χ3v) is 4.06. The molecule has 2 aromatic rings. The molecule has 3 rings (SSSR count). The number of ether oxygens (including phenoxy) is 1. The van der Waals surface area contributed by atoms with Gasteiger partial charge in [0.05, 0.1) is 11.7 Å². The highest BCUT2D eigenvalue weighted by Gasteiger charge is 2.31. The first-order chi connectivity index (χ1) is 9.22. The summed E-state index contributed by atoms with van der Waals surface area (Å²) in [6, 6.07) is 13.1. The van der Waals surface area contributed by atoms with E-state index in [9.17, 15) is 0 Å². The summed E-state index contributed by atoms with van der Waals surface area (Å²) in [5.74, 6) is 1.01. The van der Waals surface area contributed by atoms with Gasteiger partial charge in [0.2, 0.25) is 0 Å². The van der Waals surface area contributed by atoms with Crippen LogP contribution in [-0.2, 0) is 0 Å². The minimum Gasteiger partial charge on any atom is -0.484 e. The number of nitrogens with zero attached hydrogens (tertiary/aromatic N) is 1. The summed E-state index contributed by atoms with van der Waals surface area (Å²) in [5, 5.41) is 5.64. The van der Waals surface area contributed by atoms with E-state index in [1.807, 2.05) is 7.05 Å². The molecule has 2 atom stereocenters. The maximum absolute atomic E-state index is 6.26. The van der Waals surface area contributed by atoms with Gasteiger partial charge in [-0.15, -0.1) is 0 Å². The van der Waals surface area contributed by atoms with E-state index in [0.29, 0.717) is 6.04 Å². The third-order valence-electron chi connectivity index (χ3n) is 4.06. The Morgan fingerprint density at radius 3 is 2.79 bits per heavy atom. The van der Waals surface area contributed by atoms with Gasteiger partial charge in [0, 0.05) is 19.0 Å². The zero-order valence-electron chi connectivity index (χ0n) is 11.7. The number of nitrogens with one attached hydrogen (secondary N) is 1. The predicted octanol–water partition coefficient (Wildman–Crippen LogP) is 2.64. The molecule has 0 spiro atoms. The average molecular weight is 256 g/mol. The van der Waals surface area contributed by atoms with Crippen molar-refractivity contribution in [2.45, 2.75) is 19.1 Å². The second-order valence-corrected chi connectivity index (χ2v) is 5.20. The van der Waals surface area contributed by atoms with Gasteiger partial charge in [-0.05, 0) is 25.4 Å². The standard InChI is InChI=1S/C16H20N2O/c1-11-15(10-17-2)19-16-13-7-5-4-6-12(13)8-9-14(16)18(11)3/h4-9,11,15,17H,10H2,1-3H3. The molecule has 0 aliphatic carbocycles. The van der Waals surface area contributed by atoms with Gasteiger partial charge in [0.15, 0.2) is 5.75 Å². The lowest BCUT2D eigenvalue weighted by Gasteiger charge is -2.40. The lowest BCUT2D eigenvalue weighted by molar-refractivity contribution is 0.163. The van der Waals surface area contributed by atoms with Crippen molar-refractivity contribution in [1.29, 1.82) is 0 Å². The zero-order valence-corrected chi connectivity index (χ0v) is 11.7. The highest BCUT2D eigenvalue weighted by atomic mass is 16.5. The smallest absolute Gasteiger partial charge is 0.151 e. The number of likely N-dealkylation sites (N-methyl/N-ethyl adjacent to an activating group) is 2. The van der Waals surface area contributed by atoms with E-state index in [1.165, 1.54) is 16.5 Å². The normalized spacial score (nSPS) is 22.2. The van der Waals surface area contributed by atoms with Gasteiger partial charge in [0.1, 0.15) is 6.10 Å². The maximum atomic E-state index is 6.26. The Kier molecular flexibility index (Phi) is 3.07. The van der Waals surface area contributed by atoms with Crippen molar-refractivity contribution in [2.75, 3.05) is 25.5 Å². The second-order valence-electron chi connectivity index (χ2n) is 5.20. The largest absolute Gasteiger partial charge is 0.484 e. The molecule has 3 nitrogen and oxygen atoms in total. The molecule has 1 heterocycles. The van der Waals surface area contributed by atoms with Crippen molar-refractivity contribution in [3.8, 4) is 5.75 Å². The molecule has 0 saturated carbocycles. The zero-order chi connectivity index (χ0) is 13.4. The first kappa shape index (κ1) is 12.3. The van der Waals surface area contributed by atoms with Crippen molar-refractivity contribution in [3.63, 3.8) is 0 Å². The highest BCUT2D eigenvalue weighted by molar-refractivity contribution is 5.94. The number of benzene rings is 2. The molecular weight excluding hydrogens is 236 g/mol. The minimum absolute atomic E-state index is 0.174. The van der Waals surface area contributed by atoms with Gasteiger partial charge in [-0.3, -0.25) is 0 Å². The van der Waals surface area contributed by atoms with Gasteiger partial charge < -0.3 is 15.0 Å². The van der Waals surface area contributed by atoms with Crippen LogP contribution in [0.5, 0.6) is 5.75 Å². The van der Waals surface area contributed by atoms with E-state index in [1.54, 1.807) is 0 Å². The number of anilines is 1. The molecule has 0 fully saturated rings. The van der Waals surface area contributed by atoms with Crippen LogP contribution in [0.4, 0.5) is 5.69 Å². The Labute approximate surface area is 114 Å². The molecule has 0 aromatic heterocycles. The van der Waals surface area contributed by atoms with E-state index in [-0.39, 0.29) is 6.10 Å². The van der Waals surface area contributed by atoms with Crippen LogP contribution in [0.3, 0.4) is 0 Å². The number of hydrogen-bond donors (Lipinski definition) is 1. The van der Waals surface area contributed by atoms with Crippen molar-refractivity contribution in [3.05, 3.63) is 36.4 Å². The molecule has 0 saturated heterocycles. The summed E-state index contributed by atoms with van der Waals surface area (Å²) in [6.07, 6.45) is 0.174. The quantitative estimate of drug-likeness (QED) is 0.894. The summed E-state index contributed by atoms with van der Waals surface area (Å²) < 4.78 is 6.26. The molecule has 0 radical (unpaired) electrons. The van der Waals surface area contributed by atoms with Gasteiger partial charge in [-0.25, -0.2) is 0 Å². The summed E-state index contributed by atoms with van der Waals surface area (Å²) in [7, 11) is 4.11. The molecule has 1 aliphatic heterocycles. The Morgan fingerprint density at radius 1 is 1.21 bits per heavy atom. The van der Waals surface area contributed by atoms with Gasteiger partial charge in [-0.1, -0.05) is 30.3 Å². The summed E-state index contributed by atoms with van der Waals surface area (Å²) in [5.41, 5.74) is 1.18. The fourth-order valence-corrected chi connectivity index (χ4v) is 2.77. The van der Waals surface area contributed by atoms with E-state index in [0.717, 1.165) is 12.3 Å². The van der Waals surface area contributed by atoms with Crippen LogP contribution >= 0.6 is 0 Å². The summed E-state index contributed by atoms with van der Waals surface area (Å²) in [4.78, 5) is 2.31. The molecule has 19 heavy (non-hydrogen) atoms. The monoisotopic (exact) mass is 256 g/mol. The van der Waals surface area contributed by atoms with Crippen molar-refractivity contribution >= 4 is 16.5 Å². The fourth-order valence-electron chi connectivity index (χ4n) is 2.77. The topological polar surface area (TPSA) is 24.5 Å². The number of hydrogen-bond acceptors (Lipinski definition) is 3. The Morgan fingerprint density at radius 2 is 2.00 bits per heavy atom. The molecule has 100 valence electrons. The van der Waals surface area contributed by atoms with Crippen LogP contribution in [0.25, 0.3) is 10.8 Å². The fraction of sp³-hybridized carbons (Fsp3) is 0.375. The van der Waals surface area contributed by atoms with Crippen LogP contribution in [0.2, 0.25) is 0 Å². The van der Waals surface area contributed by atoms with Crippen LogP contribution in [0.15, 0.2) is 36.4 Å². The maximum Gasteiger partial charge on any atom is 0.151 e. The number of fused-ring (bicyclic) bond motifs is 3. The Bertz CT molecular complexity index is 596. The van der Waals surface area contributed by atoms with Crippen molar-refractivity contribution in [2.24, 2.45) is 0 Å². The summed E-state index contributed by atoms with van der Waals surface area (Å²) in [6.45, 7) is 3.06. The average Bonchev–Trinajstić information content (AvgIpc) is 2.44. The number of rotatable bonds is 2. The Balaban J connectivity index is 2.14. The molecular formula is C16H20N2O. The molecule has 2 aromatic carbocycles. The van der Waals surface area contributed by atoms with Crippen LogP contribution in [-0.4, -0.2) is 32.8 Å². The predicted molar refractivity (Wildman–Crippen MR) is 80.2 cm³/mol. The van der Waals surface area contributed by atoms with Gasteiger partial charge >= 0.3 is 0 Å². The molecule has 2 unspecified atom stereocenters. The molecule has 0 amide bonds. The molecule has 1 aliphatic rings.